The van der Waals surface area contributed by atoms with Crippen LogP contribution in [0.4, 0.5) is 0 Å². The van der Waals surface area contributed by atoms with Crippen molar-refractivity contribution in [1.82, 2.24) is 0 Å². The van der Waals surface area contributed by atoms with Crippen molar-refractivity contribution in [2.75, 3.05) is 21.3 Å². The van der Waals surface area contributed by atoms with Crippen molar-refractivity contribution >= 4 is 17.7 Å². The number of hydrogen-bond donors (Lipinski definition) is 0. The molecule has 4 nitrogen and oxygen atoms in total. The lowest BCUT2D eigenvalue weighted by atomic mass is 9.98. The summed E-state index contributed by atoms with van der Waals surface area (Å²) < 4.78 is 15.6. The second kappa shape index (κ2) is 9.47. The number of rotatable bonds is 8. The molecule has 0 aromatic heterocycles. The second-order valence-electron chi connectivity index (χ2n) is 5.15. The van der Waals surface area contributed by atoms with E-state index in [1.54, 1.807) is 11.8 Å². The van der Waals surface area contributed by atoms with E-state index in [0.29, 0.717) is 0 Å². The van der Waals surface area contributed by atoms with Gasteiger partial charge in [0.05, 0.1) is 7.11 Å². The summed E-state index contributed by atoms with van der Waals surface area (Å²) in [6.07, 6.45) is -0.698. The Morgan fingerprint density at radius 3 is 2.21 bits per heavy atom. The lowest BCUT2D eigenvalue weighted by molar-refractivity contribution is -0.163. The third-order valence-electron chi connectivity index (χ3n) is 3.68. The van der Waals surface area contributed by atoms with Gasteiger partial charge in [0.25, 0.3) is 0 Å². The van der Waals surface area contributed by atoms with Gasteiger partial charge in [0.15, 0.2) is 6.29 Å². The number of esters is 1. The van der Waals surface area contributed by atoms with Crippen molar-refractivity contribution in [2.45, 2.75) is 22.9 Å². The summed E-state index contributed by atoms with van der Waals surface area (Å²) >= 11 is 1.68. The molecule has 0 aliphatic carbocycles. The molecule has 1 unspecified atom stereocenters. The molecule has 0 fully saturated rings. The highest BCUT2D eigenvalue weighted by molar-refractivity contribution is 7.98. The maximum Gasteiger partial charge on any atom is 0.318 e. The number of carbonyl (C=O) groups excluding carboxylic acids is 1. The van der Waals surface area contributed by atoms with Gasteiger partial charge in [-0.15, -0.1) is 11.8 Å². The molecule has 0 radical (unpaired) electrons. The van der Waals surface area contributed by atoms with E-state index in [9.17, 15) is 4.79 Å². The molecule has 0 aliphatic rings. The third kappa shape index (κ3) is 4.60. The highest BCUT2D eigenvalue weighted by atomic mass is 32.2. The predicted octanol–water partition coefficient (Wildman–Crippen LogP) is 3.85. The fraction of sp³-hybridized carbons (Fsp3) is 0.316. The molecule has 5 heteroatoms. The van der Waals surface area contributed by atoms with Crippen molar-refractivity contribution in [2.24, 2.45) is 0 Å². The summed E-state index contributed by atoms with van der Waals surface area (Å²) in [7, 11) is 4.41. The summed E-state index contributed by atoms with van der Waals surface area (Å²) in [4.78, 5) is 13.3. The van der Waals surface area contributed by atoms with Crippen molar-refractivity contribution in [3.8, 4) is 0 Å². The van der Waals surface area contributed by atoms with Crippen LogP contribution in [0.2, 0.25) is 0 Å². The van der Waals surface area contributed by atoms with Crippen LogP contribution in [0.5, 0.6) is 0 Å². The average molecular weight is 346 g/mol. The molecular weight excluding hydrogens is 324 g/mol. The van der Waals surface area contributed by atoms with Gasteiger partial charge in [0, 0.05) is 24.9 Å². The van der Waals surface area contributed by atoms with E-state index in [1.165, 1.54) is 26.9 Å². The molecule has 0 spiro atoms. The third-order valence-corrected chi connectivity index (χ3v) is 4.84. The summed E-state index contributed by atoms with van der Waals surface area (Å²) in [5, 5.41) is 0. The second-order valence-corrected chi connectivity index (χ2v) is 6.17. The lowest BCUT2D eigenvalue weighted by Gasteiger charge is -2.24. The maximum atomic E-state index is 12.3. The lowest BCUT2D eigenvalue weighted by Crippen LogP contribution is -2.30. The summed E-state index contributed by atoms with van der Waals surface area (Å²) in [5.41, 5.74) is 2.07. The van der Waals surface area contributed by atoms with E-state index < -0.39 is 12.2 Å². The standard InChI is InChI=1S/C19H22O4S/c1-21-18(20)17(19(22-2)23-3)15-11-7-8-12-16(15)24-13-14-9-5-4-6-10-14/h4-12,17,19H,13H2,1-3H3. The van der Waals surface area contributed by atoms with Gasteiger partial charge in [-0.3, -0.25) is 4.79 Å². The molecule has 0 aliphatic heterocycles. The van der Waals surface area contributed by atoms with E-state index >= 15 is 0 Å². The van der Waals surface area contributed by atoms with Crippen molar-refractivity contribution in [1.29, 1.82) is 0 Å². The Morgan fingerprint density at radius 2 is 1.58 bits per heavy atom. The molecule has 0 amide bonds. The molecule has 0 bridgehead atoms. The van der Waals surface area contributed by atoms with Crippen molar-refractivity contribution < 1.29 is 19.0 Å². The monoisotopic (exact) mass is 346 g/mol. The average Bonchev–Trinajstić information content (AvgIpc) is 2.65. The molecule has 1 atom stereocenters. The Labute approximate surface area is 147 Å². The number of thioether (sulfide) groups is 1. The summed E-state index contributed by atoms with van der Waals surface area (Å²) in [6.45, 7) is 0. The molecule has 0 saturated carbocycles. The Morgan fingerprint density at radius 1 is 0.958 bits per heavy atom. The molecule has 128 valence electrons. The van der Waals surface area contributed by atoms with E-state index in [0.717, 1.165) is 16.2 Å². The fourth-order valence-corrected chi connectivity index (χ4v) is 3.54. The number of methoxy groups -OCH3 is 3. The number of hydrogen-bond acceptors (Lipinski definition) is 5. The Bertz CT molecular complexity index is 641. The van der Waals surface area contributed by atoms with E-state index in [1.807, 2.05) is 42.5 Å². The highest BCUT2D eigenvalue weighted by Gasteiger charge is 2.33. The molecular formula is C19H22O4S. The fourth-order valence-electron chi connectivity index (χ4n) is 2.48. The molecule has 2 rings (SSSR count). The van der Waals surface area contributed by atoms with Crippen LogP contribution in [0.15, 0.2) is 59.5 Å². The highest BCUT2D eigenvalue weighted by Crippen LogP contribution is 2.34. The normalized spacial score (nSPS) is 12.2. The minimum atomic E-state index is -0.698. The summed E-state index contributed by atoms with van der Waals surface area (Å²) in [6, 6.07) is 18.0. The van der Waals surface area contributed by atoms with Crippen LogP contribution in [0.25, 0.3) is 0 Å². The van der Waals surface area contributed by atoms with Gasteiger partial charge in [0.2, 0.25) is 0 Å². The van der Waals surface area contributed by atoms with Gasteiger partial charge in [-0.2, -0.15) is 0 Å². The van der Waals surface area contributed by atoms with Gasteiger partial charge >= 0.3 is 5.97 Å². The number of benzene rings is 2. The van der Waals surface area contributed by atoms with Gasteiger partial charge < -0.3 is 14.2 Å². The maximum absolute atomic E-state index is 12.3. The van der Waals surface area contributed by atoms with Crippen LogP contribution >= 0.6 is 11.8 Å². The van der Waals surface area contributed by atoms with Gasteiger partial charge in [-0.05, 0) is 17.2 Å². The SMILES string of the molecule is COC(=O)C(c1ccccc1SCc1ccccc1)C(OC)OC. The Balaban J connectivity index is 2.28. The van der Waals surface area contributed by atoms with E-state index in [2.05, 4.69) is 12.1 Å². The first-order valence-electron chi connectivity index (χ1n) is 7.60. The predicted molar refractivity (Wildman–Crippen MR) is 95.0 cm³/mol. The zero-order chi connectivity index (χ0) is 17.4. The van der Waals surface area contributed by atoms with Crippen molar-refractivity contribution in [3.63, 3.8) is 0 Å². The quantitative estimate of drug-likeness (QED) is 0.413. The van der Waals surface area contributed by atoms with Crippen molar-refractivity contribution in [3.05, 3.63) is 65.7 Å². The molecule has 2 aromatic rings. The number of ether oxygens (including phenoxy) is 3. The summed E-state index contributed by atoms with van der Waals surface area (Å²) in [5.74, 6) is -0.197. The molecule has 0 N–H and O–H groups in total. The zero-order valence-corrected chi connectivity index (χ0v) is 14.9. The zero-order valence-electron chi connectivity index (χ0n) is 14.1. The van der Waals surface area contributed by atoms with Crippen LogP contribution in [0.3, 0.4) is 0 Å². The first-order chi connectivity index (χ1) is 11.7. The Kier molecular flexibility index (Phi) is 7.31. The first kappa shape index (κ1) is 18.5. The molecule has 24 heavy (non-hydrogen) atoms. The van der Waals surface area contributed by atoms with E-state index in [4.69, 9.17) is 14.2 Å². The smallest absolute Gasteiger partial charge is 0.318 e. The van der Waals surface area contributed by atoms with Gasteiger partial charge in [-0.25, -0.2) is 0 Å². The van der Waals surface area contributed by atoms with Gasteiger partial charge in [0.1, 0.15) is 5.92 Å². The largest absolute Gasteiger partial charge is 0.468 e. The minimum Gasteiger partial charge on any atom is -0.468 e. The Hall–Kier alpha value is -1.82. The first-order valence-corrected chi connectivity index (χ1v) is 8.59. The topological polar surface area (TPSA) is 44.8 Å². The molecule has 0 saturated heterocycles. The van der Waals surface area contributed by atoms with Crippen LogP contribution in [-0.2, 0) is 24.8 Å². The molecule has 0 heterocycles. The van der Waals surface area contributed by atoms with E-state index in [-0.39, 0.29) is 5.97 Å². The minimum absolute atomic E-state index is 0.378. The van der Waals surface area contributed by atoms with Gasteiger partial charge in [-0.1, -0.05) is 48.5 Å². The number of carbonyl (C=O) groups is 1. The van der Waals surface area contributed by atoms with Crippen LogP contribution in [0.1, 0.15) is 17.0 Å². The molecule has 2 aromatic carbocycles. The van der Waals surface area contributed by atoms with Crippen LogP contribution in [-0.4, -0.2) is 33.6 Å². The van der Waals surface area contributed by atoms with Crippen LogP contribution < -0.4 is 0 Å². The van der Waals surface area contributed by atoms with Crippen LogP contribution in [0, 0.1) is 0 Å².